The summed E-state index contributed by atoms with van der Waals surface area (Å²) in [6, 6.07) is 8.43. The van der Waals surface area contributed by atoms with E-state index in [1.54, 1.807) is 23.1 Å². The van der Waals surface area contributed by atoms with E-state index in [2.05, 4.69) is 13.8 Å². The maximum absolute atomic E-state index is 12.9. The number of rotatable bonds is 7. The molecule has 2 aromatic rings. The van der Waals surface area contributed by atoms with Crippen molar-refractivity contribution in [3.63, 3.8) is 0 Å². The number of carbonyl (C=O) groups is 2. The van der Waals surface area contributed by atoms with Crippen molar-refractivity contribution in [3.8, 4) is 5.75 Å². The van der Waals surface area contributed by atoms with Gasteiger partial charge in [-0.3, -0.25) is 9.59 Å². The molecule has 1 saturated heterocycles. The summed E-state index contributed by atoms with van der Waals surface area (Å²) in [7, 11) is 0. The Bertz CT molecular complexity index is 944. The molecular weight excluding hydrogens is 386 g/mol. The van der Waals surface area contributed by atoms with E-state index >= 15 is 0 Å². The van der Waals surface area contributed by atoms with Crippen molar-refractivity contribution in [2.75, 3.05) is 13.2 Å². The molecule has 1 fully saturated rings. The summed E-state index contributed by atoms with van der Waals surface area (Å²) >= 11 is 1.50. The van der Waals surface area contributed by atoms with Crippen molar-refractivity contribution in [1.82, 2.24) is 4.90 Å². The highest BCUT2D eigenvalue weighted by Crippen LogP contribution is 2.42. The van der Waals surface area contributed by atoms with Gasteiger partial charge in [-0.05, 0) is 48.4 Å². The molecule has 154 valence electrons. The van der Waals surface area contributed by atoms with Crippen LogP contribution in [0.3, 0.4) is 0 Å². The number of aryl methyl sites for hydroxylation is 1. The summed E-state index contributed by atoms with van der Waals surface area (Å²) in [6.07, 6.45) is 0.729. The number of aliphatic hydroxyl groups is 1. The predicted molar refractivity (Wildman–Crippen MR) is 115 cm³/mol. The number of ether oxygens (including phenoxy) is 1. The molecule has 2 heterocycles. The molecule has 1 N–H and O–H groups in total. The molecule has 6 heteroatoms. The summed E-state index contributed by atoms with van der Waals surface area (Å²) < 4.78 is 5.75. The van der Waals surface area contributed by atoms with Crippen molar-refractivity contribution in [2.45, 2.75) is 40.2 Å². The molecule has 0 saturated carbocycles. The number of hydrogen-bond donors (Lipinski definition) is 1. The molecule has 0 radical (unpaired) electrons. The van der Waals surface area contributed by atoms with Crippen LogP contribution in [0.5, 0.6) is 5.75 Å². The Morgan fingerprint density at radius 2 is 2.03 bits per heavy atom. The second-order valence-electron chi connectivity index (χ2n) is 7.69. The minimum Gasteiger partial charge on any atom is -0.507 e. The summed E-state index contributed by atoms with van der Waals surface area (Å²) in [5, 5.41) is 13.0. The Kier molecular flexibility index (Phi) is 6.42. The Balaban J connectivity index is 2.08. The number of benzene rings is 1. The quantitative estimate of drug-likeness (QED) is 0.397. The molecule has 0 aliphatic carbocycles. The predicted octanol–water partition coefficient (Wildman–Crippen LogP) is 4.92. The standard InChI is InChI=1S/C23H27NO4S/c1-5-10-24-19(22-15(4)9-11-29-22)18(21(26)23(24)27)20(25)16-7-6-8-17(12-16)28-13-14(2)3/h6-9,11-12,14,19,25H,5,10,13H2,1-4H3/b20-18-. The zero-order valence-electron chi connectivity index (χ0n) is 17.3. The first-order valence-corrected chi connectivity index (χ1v) is 10.8. The van der Waals surface area contributed by atoms with E-state index in [1.807, 2.05) is 31.4 Å². The van der Waals surface area contributed by atoms with Gasteiger partial charge in [-0.15, -0.1) is 11.3 Å². The van der Waals surface area contributed by atoms with Gasteiger partial charge in [-0.1, -0.05) is 32.9 Å². The van der Waals surface area contributed by atoms with Crippen LogP contribution in [0.15, 0.2) is 41.3 Å². The molecule has 5 nitrogen and oxygen atoms in total. The van der Waals surface area contributed by atoms with Crippen molar-refractivity contribution < 1.29 is 19.4 Å². The van der Waals surface area contributed by atoms with E-state index in [-0.39, 0.29) is 11.3 Å². The number of aliphatic hydroxyl groups excluding tert-OH is 1. The number of likely N-dealkylation sites (tertiary alicyclic amines) is 1. The van der Waals surface area contributed by atoms with Gasteiger partial charge in [0.1, 0.15) is 11.5 Å². The van der Waals surface area contributed by atoms with E-state index in [0.29, 0.717) is 30.4 Å². The van der Waals surface area contributed by atoms with Crippen LogP contribution in [0.2, 0.25) is 0 Å². The van der Waals surface area contributed by atoms with Gasteiger partial charge < -0.3 is 14.7 Å². The van der Waals surface area contributed by atoms with Crippen LogP contribution in [0, 0.1) is 12.8 Å². The van der Waals surface area contributed by atoms with Crippen molar-refractivity contribution >= 4 is 28.8 Å². The zero-order valence-corrected chi connectivity index (χ0v) is 18.1. The SMILES string of the molecule is CCCN1C(=O)C(=O)/C(=C(\O)c2cccc(OCC(C)C)c2)C1c1sccc1C. The fourth-order valence-electron chi connectivity index (χ4n) is 3.44. The Labute approximate surface area is 175 Å². The molecule has 1 unspecified atom stereocenters. The maximum atomic E-state index is 12.9. The summed E-state index contributed by atoms with van der Waals surface area (Å²) in [5.74, 6) is -0.363. The first-order chi connectivity index (χ1) is 13.8. The van der Waals surface area contributed by atoms with Crippen LogP contribution in [-0.4, -0.2) is 34.8 Å². The van der Waals surface area contributed by atoms with Gasteiger partial charge in [-0.2, -0.15) is 0 Å². The van der Waals surface area contributed by atoms with Crippen LogP contribution in [0.1, 0.15) is 49.2 Å². The first kappa shape index (κ1) is 21.1. The smallest absolute Gasteiger partial charge is 0.295 e. The zero-order chi connectivity index (χ0) is 21.1. The van der Waals surface area contributed by atoms with E-state index in [4.69, 9.17) is 4.74 Å². The maximum Gasteiger partial charge on any atom is 0.295 e. The number of carbonyl (C=O) groups excluding carboxylic acids is 2. The third kappa shape index (κ3) is 4.22. The lowest BCUT2D eigenvalue weighted by molar-refractivity contribution is -0.139. The molecule has 3 rings (SSSR count). The lowest BCUT2D eigenvalue weighted by atomic mass is 9.98. The fraction of sp³-hybridized carbons (Fsp3) is 0.391. The van der Waals surface area contributed by atoms with Gasteiger partial charge in [0.05, 0.1) is 18.2 Å². The van der Waals surface area contributed by atoms with Crippen molar-refractivity contribution in [1.29, 1.82) is 0 Å². The Hall–Kier alpha value is -2.60. The largest absolute Gasteiger partial charge is 0.507 e. The Morgan fingerprint density at radius 3 is 2.66 bits per heavy atom. The highest BCUT2D eigenvalue weighted by Gasteiger charge is 2.46. The third-order valence-corrected chi connectivity index (χ3v) is 5.92. The van der Waals surface area contributed by atoms with E-state index in [0.717, 1.165) is 16.9 Å². The molecule has 1 atom stereocenters. The minimum atomic E-state index is -0.637. The molecular formula is C23H27NO4S. The molecule has 1 aromatic carbocycles. The van der Waals surface area contributed by atoms with Gasteiger partial charge in [0, 0.05) is 17.0 Å². The van der Waals surface area contributed by atoms with Crippen LogP contribution in [0.25, 0.3) is 5.76 Å². The van der Waals surface area contributed by atoms with Crippen LogP contribution >= 0.6 is 11.3 Å². The minimum absolute atomic E-state index is 0.148. The van der Waals surface area contributed by atoms with E-state index in [1.165, 1.54) is 11.3 Å². The number of hydrogen-bond acceptors (Lipinski definition) is 5. The molecule has 0 spiro atoms. The lowest BCUT2D eigenvalue weighted by Crippen LogP contribution is -2.30. The average molecular weight is 414 g/mol. The molecule has 1 aliphatic rings. The number of ketones is 1. The number of thiophene rings is 1. The number of amides is 1. The highest BCUT2D eigenvalue weighted by atomic mass is 32.1. The summed E-state index contributed by atoms with van der Waals surface area (Å²) in [6.45, 7) is 9.05. The van der Waals surface area contributed by atoms with Crippen molar-refractivity contribution in [3.05, 3.63) is 57.3 Å². The van der Waals surface area contributed by atoms with Crippen LogP contribution in [0.4, 0.5) is 0 Å². The van der Waals surface area contributed by atoms with E-state index in [9.17, 15) is 14.7 Å². The summed E-state index contributed by atoms with van der Waals surface area (Å²) in [4.78, 5) is 28.1. The number of nitrogens with zero attached hydrogens (tertiary/aromatic N) is 1. The molecule has 29 heavy (non-hydrogen) atoms. The van der Waals surface area contributed by atoms with Crippen LogP contribution in [-0.2, 0) is 9.59 Å². The summed E-state index contributed by atoms with van der Waals surface area (Å²) in [5.41, 5.74) is 1.62. The fourth-order valence-corrected chi connectivity index (χ4v) is 4.49. The first-order valence-electron chi connectivity index (χ1n) is 9.90. The van der Waals surface area contributed by atoms with Crippen LogP contribution < -0.4 is 4.74 Å². The Morgan fingerprint density at radius 1 is 1.28 bits per heavy atom. The number of Topliss-reactive ketones (excluding diaryl/α,β-unsaturated/α-hetero) is 1. The topological polar surface area (TPSA) is 66.8 Å². The normalized spacial score (nSPS) is 18.7. The second kappa shape index (κ2) is 8.82. The van der Waals surface area contributed by atoms with Gasteiger partial charge in [0.25, 0.3) is 11.7 Å². The second-order valence-corrected chi connectivity index (χ2v) is 8.64. The lowest BCUT2D eigenvalue weighted by Gasteiger charge is -2.24. The van der Waals surface area contributed by atoms with Gasteiger partial charge in [-0.25, -0.2) is 0 Å². The molecule has 1 aliphatic heterocycles. The van der Waals surface area contributed by atoms with Gasteiger partial charge in [0.2, 0.25) is 0 Å². The van der Waals surface area contributed by atoms with E-state index < -0.39 is 17.7 Å². The monoisotopic (exact) mass is 413 g/mol. The highest BCUT2D eigenvalue weighted by molar-refractivity contribution is 7.10. The molecule has 1 aromatic heterocycles. The molecule has 1 amide bonds. The average Bonchev–Trinajstić information content (AvgIpc) is 3.22. The van der Waals surface area contributed by atoms with Gasteiger partial charge >= 0.3 is 0 Å². The molecule has 0 bridgehead atoms. The van der Waals surface area contributed by atoms with Gasteiger partial charge in [0.15, 0.2) is 0 Å². The van der Waals surface area contributed by atoms with Crippen molar-refractivity contribution in [2.24, 2.45) is 5.92 Å². The third-order valence-electron chi connectivity index (χ3n) is 4.85.